The van der Waals surface area contributed by atoms with Gasteiger partial charge in [-0.1, -0.05) is 25.5 Å². The summed E-state index contributed by atoms with van der Waals surface area (Å²) in [5.41, 5.74) is 0.131. The first-order valence-corrected chi connectivity index (χ1v) is 10.6. The number of halogens is 3. The zero-order valence-electron chi connectivity index (χ0n) is 15.5. The second kappa shape index (κ2) is 9.53. The molecule has 0 aliphatic rings. The molecule has 1 aromatic rings. The number of benzene rings is 1. The van der Waals surface area contributed by atoms with E-state index in [0.717, 1.165) is 6.07 Å². The van der Waals surface area contributed by atoms with Crippen LogP contribution in [-0.4, -0.2) is 25.2 Å². The summed E-state index contributed by atoms with van der Waals surface area (Å²) in [4.78, 5) is 12.0. The van der Waals surface area contributed by atoms with E-state index < -0.39 is 26.8 Å². The van der Waals surface area contributed by atoms with E-state index in [4.69, 9.17) is 0 Å². The normalized spacial score (nSPS) is 12.6. The van der Waals surface area contributed by atoms with E-state index in [1.54, 1.807) is 20.8 Å². The third-order valence-corrected chi connectivity index (χ3v) is 6.65. The second-order valence-corrected chi connectivity index (χ2v) is 9.46. The summed E-state index contributed by atoms with van der Waals surface area (Å²) < 4.78 is 62.0. The van der Waals surface area contributed by atoms with E-state index in [9.17, 15) is 26.4 Å². The molecule has 26 heavy (non-hydrogen) atoms. The number of unbranched alkanes of at least 4 members (excludes halogenated alkanes) is 2. The van der Waals surface area contributed by atoms with Crippen LogP contribution in [0.2, 0.25) is 0 Å². The third-order valence-electron chi connectivity index (χ3n) is 4.36. The van der Waals surface area contributed by atoms with Crippen molar-refractivity contribution in [2.45, 2.75) is 70.7 Å². The van der Waals surface area contributed by atoms with Gasteiger partial charge in [-0.25, -0.2) is 8.42 Å². The Balaban J connectivity index is 2.49. The van der Waals surface area contributed by atoms with Crippen LogP contribution in [0, 0.1) is 0 Å². The fourth-order valence-electron chi connectivity index (χ4n) is 2.68. The Morgan fingerprint density at radius 2 is 1.77 bits per heavy atom. The molecule has 0 spiro atoms. The number of sulfone groups is 1. The van der Waals surface area contributed by atoms with Crippen LogP contribution < -0.4 is 0 Å². The number of carbonyl (C=O) groups excluding carboxylic acids is 1. The van der Waals surface area contributed by atoms with Crippen molar-refractivity contribution in [1.82, 2.24) is 0 Å². The lowest BCUT2D eigenvalue weighted by atomic mass is 9.97. The second-order valence-electron chi connectivity index (χ2n) is 6.78. The van der Waals surface area contributed by atoms with Crippen LogP contribution in [0.25, 0.3) is 0 Å². The van der Waals surface area contributed by atoms with Gasteiger partial charge in [0.2, 0.25) is 0 Å². The zero-order chi connectivity index (χ0) is 20.0. The molecule has 0 saturated heterocycles. The zero-order valence-corrected chi connectivity index (χ0v) is 16.3. The Morgan fingerprint density at radius 1 is 1.12 bits per heavy atom. The quantitative estimate of drug-likeness (QED) is 0.539. The van der Waals surface area contributed by atoms with Crippen molar-refractivity contribution in [3.05, 3.63) is 34.9 Å². The molecule has 0 heterocycles. The van der Waals surface area contributed by atoms with Gasteiger partial charge in [0, 0.05) is 12.8 Å². The average Bonchev–Trinajstić information content (AvgIpc) is 2.53. The van der Waals surface area contributed by atoms with Crippen molar-refractivity contribution in [1.29, 1.82) is 0 Å². The van der Waals surface area contributed by atoms with Crippen LogP contribution in [0.15, 0.2) is 18.2 Å². The highest BCUT2D eigenvalue weighted by molar-refractivity contribution is 7.91. The number of hydrogen-bond acceptors (Lipinski definition) is 3. The molecule has 7 heteroatoms. The van der Waals surface area contributed by atoms with Gasteiger partial charge in [0.15, 0.2) is 9.84 Å². The summed E-state index contributed by atoms with van der Waals surface area (Å²) >= 11 is 0. The number of Topliss-reactive ketones (excluding diaryl/α,β-unsaturated/α-hetero) is 1. The summed E-state index contributed by atoms with van der Waals surface area (Å²) in [6.45, 7) is 4.95. The van der Waals surface area contributed by atoms with Crippen LogP contribution in [0.3, 0.4) is 0 Å². The molecule has 1 aromatic carbocycles. The fourth-order valence-corrected chi connectivity index (χ4v) is 3.76. The van der Waals surface area contributed by atoms with Gasteiger partial charge in [-0.2, -0.15) is 13.2 Å². The summed E-state index contributed by atoms with van der Waals surface area (Å²) in [6, 6.07) is 3.85. The lowest BCUT2D eigenvalue weighted by Gasteiger charge is -2.13. The Bertz CT molecular complexity index is 707. The van der Waals surface area contributed by atoms with Crippen LogP contribution >= 0.6 is 0 Å². The molecule has 0 bridgehead atoms. The van der Waals surface area contributed by atoms with Crippen molar-refractivity contribution >= 4 is 15.6 Å². The van der Waals surface area contributed by atoms with Gasteiger partial charge in [0.05, 0.1) is 16.6 Å². The van der Waals surface area contributed by atoms with E-state index >= 15 is 0 Å². The van der Waals surface area contributed by atoms with E-state index in [-0.39, 0.29) is 29.9 Å². The maximum absolute atomic E-state index is 12.9. The van der Waals surface area contributed by atoms with Crippen molar-refractivity contribution in [3.63, 3.8) is 0 Å². The monoisotopic (exact) mass is 392 g/mol. The minimum atomic E-state index is -4.38. The van der Waals surface area contributed by atoms with Crippen LogP contribution in [0.5, 0.6) is 0 Å². The Morgan fingerprint density at radius 3 is 2.31 bits per heavy atom. The Labute approximate surface area is 153 Å². The molecule has 0 radical (unpaired) electrons. The predicted octanol–water partition coefficient (Wildman–Crippen LogP) is 4.76. The first kappa shape index (κ1) is 22.7. The van der Waals surface area contributed by atoms with Crippen LogP contribution in [0.1, 0.15) is 63.1 Å². The molecule has 0 amide bonds. The highest BCUT2D eigenvalue weighted by atomic mass is 32.2. The maximum Gasteiger partial charge on any atom is 0.416 e. The summed E-state index contributed by atoms with van der Waals surface area (Å²) in [7, 11) is -3.05. The summed E-state index contributed by atoms with van der Waals surface area (Å²) in [5, 5.41) is -0.392. The lowest BCUT2D eigenvalue weighted by Crippen LogP contribution is -2.17. The van der Waals surface area contributed by atoms with E-state index in [0.29, 0.717) is 31.2 Å². The molecular formula is C19H27F3O3S. The Hall–Kier alpha value is -1.37. The molecule has 0 unspecified atom stereocenters. The smallest absolute Gasteiger partial charge is 0.299 e. The van der Waals surface area contributed by atoms with E-state index in [2.05, 4.69) is 0 Å². The largest absolute Gasteiger partial charge is 0.416 e. The third kappa shape index (κ3) is 7.09. The summed E-state index contributed by atoms with van der Waals surface area (Å²) in [6.07, 6.45) is -1.96. The molecule has 0 fully saturated rings. The van der Waals surface area contributed by atoms with Gasteiger partial charge >= 0.3 is 6.18 Å². The topological polar surface area (TPSA) is 51.2 Å². The van der Waals surface area contributed by atoms with Gasteiger partial charge in [0.25, 0.3) is 0 Å². The molecule has 1 rings (SSSR count). The highest BCUT2D eigenvalue weighted by Crippen LogP contribution is 2.32. The van der Waals surface area contributed by atoms with E-state index in [1.165, 1.54) is 12.1 Å². The number of rotatable bonds is 10. The van der Waals surface area contributed by atoms with Gasteiger partial charge in [0.1, 0.15) is 5.78 Å². The number of hydrogen-bond donors (Lipinski definition) is 0. The molecule has 0 aromatic heterocycles. The molecule has 0 aliphatic carbocycles. The number of aryl methyl sites for hydroxylation is 1. The van der Waals surface area contributed by atoms with Gasteiger partial charge in [-0.3, -0.25) is 4.79 Å². The predicted molar refractivity (Wildman–Crippen MR) is 96.9 cm³/mol. The van der Waals surface area contributed by atoms with Crippen LogP contribution in [0.4, 0.5) is 13.2 Å². The van der Waals surface area contributed by atoms with Gasteiger partial charge in [-0.05, 0) is 50.3 Å². The number of alkyl halides is 3. The molecule has 148 valence electrons. The van der Waals surface area contributed by atoms with Crippen molar-refractivity contribution in [2.75, 3.05) is 5.75 Å². The van der Waals surface area contributed by atoms with Gasteiger partial charge < -0.3 is 0 Å². The standard InChI is InChI=1S/C19H27F3O3S/c1-4-16-12-15(9-10-18(16)19(20,21)22)13-17(23)8-6-5-7-11-26(24,25)14(2)3/h9-10,12,14H,4-8,11,13H2,1-3H3. The first-order chi connectivity index (χ1) is 12.0. The van der Waals surface area contributed by atoms with Gasteiger partial charge in [-0.15, -0.1) is 0 Å². The SMILES string of the molecule is CCc1cc(CC(=O)CCCCCS(=O)(=O)C(C)C)ccc1C(F)(F)F. The first-order valence-electron chi connectivity index (χ1n) is 8.89. The number of carbonyl (C=O) groups is 1. The molecule has 0 saturated carbocycles. The highest BCUT2D eigenvalue weighted by Gasteiger charge is 2.32. The molecule has 0 N–H and O–H groups in total. The lowest BCUT2D eigenvalue weighted by molar-refractivity contribution is -0.138. The minimum Gasteiger partial charge on any atom is -0.299 e. The number of ketones is 1. The Kier molecular flexibility index (Phi) is 8.31. The van der Waals surface area contributed by atoms with Crippen molar-refractivity contribution < 1.29 is 26.4 Å². The van der Waals surface area contributed by atoms with Crippen molar-refractivity contribution in [2.24, 2.45) is 0 Å². The summed E-state index contributed by atoms with van der Waals surface area (Å²) in [5.74, 6) is 0.0796. The molecule has 0 aliphatic heterocycles. The van der Waals surface area contributed by atoms with Crippen LogP contribution in [-0.2, 0) is 33.6 Å². The average molecular weight is 392 g/mol. The minimum absolute atomic E-state index is 0.0430. The maximum atomic E-state index is 12.9. The molecular weight excluding hydrogens is 365 g/mol. The molecule has 3 nitrogen and oxygen atoms in total. The van der Waals surface area contributed by atoms with E-state index in [1.807, 2.05) is 0 Å². The molecule has 0 atom stereocenters. The van der Waals surface area contributed by atoms with Crippen molar-refractivity contribution in [3.8, 4) is 0 Å². The fraction of sp³-hybridized carbons (Fsp3) is 0.632.